The van der Waals surface area contributed by atoms with Crippen LogP contribution in [0.1, 0.15) is 34.1 Å². The molecule has 1 saturated heterocycles. The highest BCUT2D eigenvalue weighted by atomic mass is 16.5. The van der Waals surface area contributed by atoms with Crippen molar-refractivity contribution in [3.8, 4) is 5.75 Å². The Kier molecular flexibility index (Phi) is 4.41. The van der Waals surface area contributed by atoms with Gasteiger partial charge in [-0.1, -0.05) is 48.6 Å². The molecule has 6 atom stereocenters. The third-order valence-electron chi connectivity index (χ3n) is 8.46. The van der Waals surface area contributed by atoms with E-state index in [1.54, 1.807) is 30.3 Å². The highest BCUT2D eigenvalue weighted by Crippen LogP contribution is 2.65. The fraction of sp³-hybridized carbons (Fsp3) is 0.267. The number of Topliss-reactive ketones (excluding diaryl/α,β-unsaturated/α-hetero) is 1. The summed E-state index contributed by atoms with van der Waals surface area (Å²) in [4.78, 5) is 53.7. The van der Waals surface area contributed by atoms with E-state index >= 15 is 0 Å². The number of benzene rings is 3. The first-order valence-corrected chi connectivity index (χ1v) is 12.3. The zero-order valence-electron chi connectivity index (χ0n) is 19.6. The number of ether oxygens (including phenoxy) is 1. The van der Waals surface area contributed by atoms with E-state index in [1.165, 1.54) is 17.9 Å². The van der Waals surface area contributed by atoms with Crippen LogP contribution in [0, 0.1) is 35.5 Å². The lowest BCUT2D eigenvalue weighted by Crippen LogP contribution is -2.40. The Morgan fingerprint density at radius 3 is 2.25 bits per heavy atom. The molecular weight excluding hydrogens is 454 g/mol. The summed E-state index contributed by atoms with van der Waals surface area (Å²) in [6.07, 6.45) is 5.38. The molecule has 0 radical (unpaired) electrons. The predicted octanol–water partition coefficient (Wildman–Crippen LogP) is 4.82. The van der Waals surface area contributed by atoms with Gasteiger partial charge in [0.1, 0.15) is 5.75 Å². The molecule has 2 amide bonds. The number of hydrogen-bond acceptors (Lipinski definition) is 5. The van der Waals surface area contributed by atoms with Gasteiger partial charge in [0.15, 0.2) is 5.78 Å². The predicted molar refractivity (Wildman–Crippen MR) is 133 cm³/mol. The van der Waals surface area contributed by atoms with Crippen molar-refractivity contribution < 1.29 is 23.9 Å². The van der Waals surface area contributed by atoms with Crippen LogP contribution in [0.2, 0.25) is 0 Å². The summed E-state index contributed by atoms with van der Waals surface area (Å²) in [5.74, 6) is -0.303. The van der Waals surface area contributed by atoms with E-state index in [2.05, 4.69) is 12.2 Å². The van der Waals surface area contributed by atoms with Crippen molar-refractivity contribution in [1.82, 2.24) is 0 Å². The minimum Gasteiger partial charge on any atom is -0.421 e. The second-order valence-corrected chi connectivity index (χ2v) is 10.3. The van der Waals surface area contributed by atoms with Gasteiger partial charge in [-0.05, 0) is 66.7 Å². The Labute approximate surface area is 207 Å². The standard InChI is InChI=1S/C30H23NO5/c1-15(32)19-10-9-16-5-2-3-8-20(16)27(19)36-30(35)17-6-4-7-18(13-17)31-28(33)25-21-11-12-22(24-14-23(21)24)26(25)29(31)34/h2-13,21-26H,14H2,1H3/t21-,22-,23-,24-,25-,26+/m0/s1. The van der Waals surface area contributed by atoms with Crippen molar-refractivity contribution in [2.24, 2.45) is 35.5 Å². The first-order chi connectivity index (χ1) is 17.4. The molecule has 1 aliphatic heterocycles. The SMILES string of the molecule is CC(=O)c1ccc2ccccc2c1OC(=O)c1cccc(N2C(=O)[C@@H]3[C@H]4C=C[C@@H]([C@@H]5C[C@@H]45)[C@@H]3C2=O)c1. The molecule has 3 aromatic rings. The van der Waals surface area contributed by atoms with Gasteiger partial charge in [0.25, 0.3) is 0 Å². The summed E-state index contributed by atoms with van der Waals surface area (Å²) < 4.78 is 5.78. The first-order valence-electron chi connectivity index (χ1n) is 12.3. The molecule has 4 aliphatic carbocycles. The number of allylic oxidation sites excluding steroid dienone is 2. The third kappa shape index (κ3) is 2.90. The van der Waals surface area contributed by atoms with Gasteiger partial charge in [-0.15, -0.1) is 0 Å². The molecule has 0 aromatic heterocycles. The fourth-order valence-electron chi connectivity index (χ4n) is 6.77. The smallest absolute Gasteiger partial charge is 0.343 e. The molecule has 2 bridgehead atoms. The molecular formula is C30H23NO5. The molecule has 3 aromatic carbocycles. The van der Waals surface area contributed by atoms with Crippen molar-refractivity contribution in [2.45, 2.75) is 13.3 Å². The number of imide groups is 1. The monoisotopic (exact) mass is 477 g/mol. The summed E-state index contributed by atoms with van der Waals surface area (Å²) in [5.41, 5.74) is 0.898. The van der Waals surface area contributed by atoms with Crippen LogP contribution < -0.4 is 9.64 Å². The average Bonchev–Trinajstić information content (AvgIpc) is 3.67. The molecule has 1 heterocycles. The maximum Gasteiger partial charge on any atom is 0.343 e. The van der Waals surface area contributed by atoms with Gasteiger partial charge in [0, 0.05) is 5.39 Å². The number of anilines is 1. The normalized spacial score (nSPS) is 29.3. The molecule has 0 spiro atoms. The Morgan fingerprint density at radius 1 is 0.861 bits per heavy atom. The summed E-state index contributed by atoms with van der Waals surface area (Å²) >= 11 is 0. The molecule has 6 heteroatoms. The lowest BCUT2D eigenvalue weighted by atomic mass is 9.63. The molecule has 3 fully saturated rings. The average molecular weight is 478 g/mol. The molecule has 36 heavy (non-hydrogen) atoms. The van der Waals surface area contributed by atoms with E-state index < -0.39 is 5.97 Å². The van der Waals surface area contributed by atoms with Gasteiger partial charge in [0.2, 0.25) is 11.8 Å². The van der Waals surface area contributed by atoms with Gasteiger partial charge in [0.05, 0.1) is 28.7 Å². The second-order valence-electron chi connectivity index (χ2n) is 10.3. The van der Waals surface area contributed by atoms with Crippen LogP contribution in [0.5, 0.6) is 5.75 Å². The summed E-state index contributed by atoms with van der Waals surface area (Å²) in [7, 11) is 0. The highest BCUT2D eigenvalue weighted by molar-refractivity contribution is 6.23. The van der Waals surface area contributed by atoms with Gasteiger partial charge in [-0.3, -0.25) is 14.4 Å². The number of esters is 1. The fourth-order valence-corrected chi connectivity index (χ4v) is 6.77. The van der Waals surface area contributed by atoms with Crippen molar-refractivity contribution in [3.63, 3.8) is 0 Å². The van der Waals surface area contributed by atoms with E-state index in [-0.39, 0.29) is 52.6 Å². The van der Waals surface area contributed by atoms with Crippen molar-refractivity contribution in [2.75, 3.05) is 4.90 Å². The van der Waals surface area contributed by atoms with Crippen molar-refractivity contribution in [3.05, 3.63) is 83.9 Å². The minimum atomic E-state index is -0.657. The maximum absolute atomic E-state index is 13.5. The number of amides is 2. The molecule has 178 valence electrons. The topological polar surface area (TPSA) is 80.8 Å². The van der Waals surface area contributed by atoms with Gasteiger partial charge >= 0.3 is 5.97 Å². The van der Waals surface area contributed by atoms with E-state index in [9.17, 15) is 19.2 Å². The van der Waals surface area contributed by atoms with Gasteiger partial charge < -0.3 is 4.74 Å². The van der Waals surface area contributed by atoms with Crippen LogP contribution in [0.25, 0.3) is 10.8 Å². The van der Waals surface area contributed by atoms with Crippen molar-refractivity contribution in [1.29, 1.82) is 0 Å². The number of hydrogen-bond donors (Lipinski definition) is 0. The number of carbonyl (C=O) groups is 4. The van der Waals surface area contributed by atoms with Crippen LogP contribution in [0.3, 0.4) is 0 Å². The number of carbonyl (C=O) groups excluding carboxylic acids is 4. The number of ketones is 1. The molecule has 8 rings (SSSR count). The van der Waals surface area contributed by atoms with Gasteiger partial charge in [-0.25, -0.2) is 9.69 Å². The molecule has 0 unspecified atom stereocenters. The van der Waals surface area contributed by atoms with E-state index in [0.29, 0.717) is 28.5 Å². The summed E-state index contributed by atoms with van der Waals surface area (Å²) in [6, 6.07) is 17.3. The molecule has 6 nitrogen and oxygen atoms in total. The Bertz CT molecular complexity index is 1500. The van der Waals surface area contributed by atoms with Crippen LogP contribution in [-0.4, -0.2) is 23.6 Å². The molecule has 5 aliphatic rings. The largest absolute Gasteiger partial charge is 0.421 e. The number of nitrogens with zero attached hydrogens (tertiary/aromatic N) is 1. The van der Waals surface area contributed by atoms with Gasteiger partial charge in [-0.2, -0.15) is 0 Å². The van der Waals surface area contributed by atoms with Crippen LogP contribution >= 0.6 is 0 Å². The quantitative estimate of drug-likeness (QED) is 0.177. The van der Waals surface area contributed by atoms with Crippen molar-refractivity contribution >= 4 is 40.0 Å². The second kappa shape index (κ2) is 7.47. The number of fused-ring (bicyclic) bond motifs is 1. The lowest BCUT2D eigenvalue weighted by molar-refractivity contribution is -0.124. The summed E-state index contributed by atoms with van der Waals surface area (Å²) in [5, 5.41) is 1.50. The van der Waals surface area contributed by atoms with Crippen LogP contribution in [0.4, 0.5) is 5.69 Å². The molecule has 0 N–H and O–H groups in total. The first kappa shape index (κ1) is 21.2. The van der Waals surface area contributed by atoms with E-state index in [0.717, 1.165) is 11.8 Å². The van der Waals surface area contributed by atoms with Crippen LogP contribution in [-0.2, 0) is 9.59 Å². The third-order valence-corrected chi connectivity index (χ3v) is 8.46. The zero-order valence-corrected chi connectivity index (χ0v) is 19.6. The Balaban J connectivity index is 1.21. The highest BCUT2D eigenvalue weighted by Gasteiger charge is 2.67. The lowest BCUT2D eigenvalue weighted by Gasteiger charge is -2.37. The molecule has 2 saturated carbocycles. The zero-order chi connectivity index (χ0) is 24.7. The van der Waals surface area contributed by atoms with E-state index in [4.69, 9.17) is 4.74 Å². The Hall–Kier alpha value is -4.06. The van der Waals surface area contributed by atoms with E-state index in [1.807, 2.05) is 24.3 Å². The Morgan fingerprint density at radius 2 is 1.56 bits per heavy atom. The number of rotatable bonds is 4. The summed E-state index contributed by atoms with van der Waals surface area (Å²) in [6.45, 7) is 1.43. The maximum atomic E-state index is 13.5. The van der Waals surface area contributed by atoms with Crippen LogP contribution in [0.15, 0.2) is 72.8 Å². The minimum absolute atomic E-state index is 0.135.